The summed E-state index contributed by atoms with van der Waals surface area (Å²) in [7, 11) is 0. The van der Waals surface area contributed by atoms with Crippen LogP contribution in [0.4, 0.5) is 5.69 Å². The maximum atomic E-state index is 12.7. The van der Waals surface area contributed by atoms with Gasteiger partial charge in [0.15, 0.2) is 0 Å². The van der Waals surface area contributed by atoms with Crippen molar-refractivity contribution in [2.45, 2.75) is 24.7 Å². The van der Waals surface area contributed by atoms with Gasteiger partial charge in [0.05, 0.1) is 11.4 Å². The monoisotopic (exact) mass is 357 g/mol. The molecule has 0 aromatic heterocycles. The number of allylic oxidation sites excluding steroid dienone is 1. The van der Waals surface area contributed by atoms with Gasteiger partial charge < -0.3 is 4.90 Å². The van der Waals surface area contributed by atoms with E-state index < -0.39 is 0 Å². The van der Waals surface area contributed by atoms with Crippen LogP contribution < -0.4 is 4.90 Å². The quantitative estimate of drug-likeness (QED) is 0.540. The van der Waals surface area contributed by atoms with E-state index in [9.17, 15) is 4.79 Å². The summed E-state index contributed by atoms with van der Waals surface area (Å²) < 4.78 is 0. The van der Waals surface area contributed by atoms with Gasteiger partial charge in [-0.2, -0.15) is 0 Å². The summed E-state index contributed by atoms with van der Waals surface area (Å²) >= 11 is 3.40. The van der Waals surface area contributed by atoms with Crippen LogP contribution in [0.25, 0.3) is 0 Å². The molecule has 1 atom stereocenters. The Morgan fingerprint density at radius 3 is 2.45 bits per heavy atom. The SMILES string of the molecule is C=CCc1ccccc1N(Cc1ccccc1)C(=O)C(C)Br. The predicted octanol–water partition coefficient (Wildman–Crippen LogP) is 4.73. The van der Waals surface area contributed by atoms with Crippen molar-refractivity contribution in [2.24, 2.45) is 0 Å². The molecular weight excluding hydrogens is 338 g/mol. The standard InChI is InChI=1S/C19H20BrNO/c1-3-9-17-12-7-8-13-18(17)21(19(22)15(2)20)14-16-10-5-4-6-11-16/h3-8,10-13,15H,1,9,14H2,2H3. The van der Waals surface area contributed by atoms with Crippen molar-refractivity contribution in [2.75, 3.05) is 4.90 Å². The molecule has 1 amide bonds. The Morgan fingerprint density at radius 2 is 1.82 bits per heavy atom. The Morgan fingerprint density at radius 1 is 1.18 bits per heavy atom. The molecule has 2 aromatic carbocycles. The largest absolute Gasteiger partial charge is 0.307 e. The molecule has 0 aliphatic carbocycles. The van der Waals surface area contributed by atoms with E-state index in [0.717, 1.165) is 23.2 Å². The number of hydrogen-bond donors (Lipinski definition) is 0. The van der Waals surface area contributed by atoms with Crippen molar-refractivity contribution in [3.8, 4) is 0 Å². The first kappa shape index (κ1) is 16.5. The van der Waals surface area contributed by atoms with Crippen molar-refractivity contribution in [1.29, 1.82) is 0 Å². The van der Waals surface area contributed by atoms with E-state index in [2.05, 4.69) is 22.5 Å². The molecule has 0 N–H and O–H groups in total. The minimum Gasteiger partial charge on any atom is -0.307 e. The summed E-state index contributed by atoms with van der Waals surface area (Å²) in [5.74, 6) is 0.0559. The van der Waals surface area contributed by atoms with E-state index in [1.54, 1.807) is 0 Å². The highest BCUT2D eigenvalue weighted by Gasteiger charge is 2.22. The Hall–Kier alpha value is -1.87. The summed E-state index contributed by atoms with van der Waals surface area (Å²) in [6.45, 7) is 6.22. The molecule has 0 radical (unpaired) electrons. The summed E-state index contributed by atoms with van der Waals surface area (Å²) in [6.07, 6.45) is 2.60. The van der Waals surface area contributed by atoms with E-state index in [4.69, 9.17) is 0 Å². The first-order valence-electron chi connectivity index (χ1n) is 7.31. The lowest BCUT2D eigenvalue weighted by atomic mass is 10.1. The van der Waals surface area contributed by atoms with Gasteiger partial charge in [-0.1, -0.05) is 70.5 Å². The van der Waals surface area contributed by atoms with Gasteiger partial charge in [0.1, 0.15) is 0 Å². The van der Waals surface area contributed by atoms with Crippen LogP contribution in [-0.4, -0.2) is 10.7 Å². The number of alkyl halides is 1. The highest BCUT2D eigenvalue weighted by molar-refractivity contribution is 9.10. The van der Waals surface area contributed by atoms with E-state index >= 15 is 0 Å². The number of benzene rings is 2. The molecular formula is C19H20BrNO. The molecule has 0 aliphatic heterocycles. The fourth-order valence-corrected chi connectivity index (χ4v) is 2.61. The highest BCUT2D eigenvalue weighted by Crippen LogP contribution is 2.25. The van der Waals surface area contributed by atoms with Crippen molar-refractivity contribution in [1.82, 2.24) is 0 Å². The molecule has 0 heterocycles. The summed E-state index contributed by atoms with van der Waals surface area (Å²) in [4.78, 5) is 14.3. The molecule has 0 bridgehead atoms. The third-order valence-corrected chi connectivity index (χ3v) is 3.83. The molecule has 2 aromatic rings. The molecule has 2 nitrogen and oxygen atoms in total. The van der Waals surface area contributed by atoms with Crippen molar-refractivity contribution in [3.63, 3.8) is 0 Å². The molecule has 0 aliphatic rings. The van der Waals surface area contributed by atoms with Crippen LogP contribution in [0, 0.1) is 0 Å². The van der Waals surface area contributed by atoms with Crippen molar-refractivity contribution in [3.05, 3.63) is 78.4 Å². The molecule has 0 spiro atoms. The number of nitrogens with zero attached hydrogens (tertiary/aromatic N) is 1. The van der Waals surface area contributed by atoms with Gasteiger partial charge in [0, 0.05) is 5.69 Å². The van der Waals surface area contributed by atoms with Crippen LogP contribution in [0.3, 0.4) is 0 Å². The van der Waals surface area contributed by atoms with Crippen LogP contribution in [0.5, 0.6) is 0 Å². The first-order chi connectivity index (χ1) is 10.6. The van der Waals surface area contributed by atoms with Crippen LogP contribution in [0.2, 0.25) is 0 Å². The number of para-hydroxylation sites is 1. The van der Waals surface area contributed by atoms with E-state index in [1.807, 2.05) is 72.5 Å². The van der Waals surface area contributed by atoms with Gasteiger partial charge in [-0.15, -0.1) is 6.58 Å². The summed E-state index contributed by atoms with van der Waals surface area (Å²) in [5.41, 5.74) is 3.16. The third-order valence-electron chi connectivity index (χ3n) is 3.44. The maximum Gasteiger partial charge on any atom is 0.240 e. The molecule has 2 rings (SSSR count). The molecule has 0 saturated heterocycles. The van der Waals surface area contributed by atoms with Gasteiger partial charge in [0.25, 0.3) is 0 Å². The molecule has 0 fully saturated rings. The lowest BCUT2D eigenvalue weighted by Crippen LogP contribution is -2.35. The minimum absolute atomic E-state index is 0.0559. The average molecular weight is 358 g/mol. The summed E-state index contributed by atoms with van der Waals surface area (Å²) in [5, 5.41) is 0. The van der Waals surface area contributed by atoms with Crippen molar-refractivity contribution >= 4 is 27.5 Å². The molecule has 0 saturated carbocycles. The number of hydrogen-bond acceptors (Lipinski definition) is 1. The van der Waals surface area contributed by atoms with Gasteiger partial charge in [0.2, 0.25) is 5.91 Å². The van der Waals surface area contributed by atoms with Crippen LogP contribution in [0.1, 0.15) is 18.1 Å². The normalized spacial score (nSPS) is 11.7. The second kappa shape index (κ2) is 7.95. The maximum absolute atomic E-state index is 12.7. The Balaban J connectivity index is 2.40. The Labute approximate surface area is 140 Å². The lowest BCUT2D eigenvalue weighted by molar-refractivity contribution is -0.117. The number of rotatable bonds is 6. The zero-order chi connectivity index (χ0) is 15.9. The van der Waals surface area contributed by atoms with E-state index in [1.165, 1.54) is 0 Å². The minimum atomic E-state index is -0.229. The average Bonchev–Trinajstić information content (AvgIpc) is 2.54. The van der Waals surface area contributed by atoms with Crippen LogP contribution >= 0.6 is 15.9 Å². The second-order valence-electron chi connectivity index (χ2n) is 5.15. The van der Waals surface area contributed by atoms with E-state index in [0.29, 0.717) is 6.54 Å². The van der Waals surface area contributed by atoms with Gasteiger partial charge in [-0.25, -0.2) is 0 Å². The first-order valence-corrected chi connectivity index (χ1v) is 8.23. The number of halogens is 1. The van der Waals surface area contributed by atoms with Crippen molar-refractivity contribution < 1.29 is 4.79 Å². The van der Waals surface area contributed by atoms with Gasteiger partial charge in [-0.05, 0) is 30.5 Å². The zero-order valence-corrected chi connectivity index (χ0v) is 14.3. The fourth-order valence-electron chi connectivity index (χ4n) is 2.36. The molecule has 114 valence electrons. The number of anilines is 1. The van der Waals surface area contributed by atoms with Crippen LogP contribution in [0.15, 0.2) is 67.3 Å². The highest BCUT2D eigenvalue weighted by atomic mass is 79.9. The topological polar surface area (TPSA) is 20.3 Å². The Bertz CT molecular complexity index is 637. The zero-order valence-electron chi connectivity index (χ0n) is 12.7. The summed E-state index contributed by atoms with van der Waals surface area (Å²) in [6, 6.07) is 18.0. The number of carbonyl (C=O) groups excluding carboxylic acids is 1. The third kappa shape index (κ3) is 4.08. The smallest absolute Gasteiger partial charge is 0.240 e. The molecule has 3 heteroatoms. The van der Waals surface area contributed by atoms with Gasteiger partial charge in [-0.3, -0.25) is 4.79 Å². The fraction of sp³-hybridized carbons (Fsp3) is 0.211. The van der Waals surface area contributed by atoms with E-state index in [-0.39, 0.29) is 10.7 Å². The predicted molar refractivity (Wildman–Crippen MR) is 96.4 cm³/mol. The molecule has 22 heavy (non-hydrogen) atoms. The number of carbonyl (C=O) groups is 1. The lowest BCUT2D eigenvalue weighted by Gasteiger charge is -2.26. The number of amides is 1. The van der Waals surface area contributed by atoms with Crippen LogP contribution in [-0.2, 0) is 17.8 Å². The van der Waals surface area contributed by atoms with Gasteiger partial charge >= 0.3 is 0 Å². The second-order valence-corrected chi connectivity index (χ2v) is 6.52. The Kier molecular flexibility index (Phi) is 5.96. The molecule has 1 unspecified atom stereocenters.